The highest BCUT2D eigenvalue weighted by Gasteiger charge is 2.38. The van der Waals surface area contributed by atoms with E-state index in [-0.39, 0.29) is 12.0 Å². The molecular formula is C28H44F2O. The number of carbonyl (C=O) groups excluding carboxylic acids is 1. The molecule has 1 saturated carbocycles. The van der Waals surface area contributed by atoms with E-state index in [0.29, 0.717) is 12.3 Å². The van der Waals surface area contributed by atoms with Crippen LogP contribution in [-0.2, 0) is 0 Å². The average molecular weight is 435 g/mol. The minimum Gasteiger partial charge on any atom is -0.287 e. The van der Waals surface area contributed by atoms with Crippen molar-refractivity contribution in [1.82, 2.24) is 0 Å². The molecule has 0 amide bonds. The van der Waals surface area contributed by atoms with Gasteiger partial charge >= 0.3 is 5.92 Å². The van der Waals surface area contributed by atoms with E-state index in [1.54, 1.807) is 19.1 Å². The highest BCUT2D eigenvalue weighted by Crippen LogP contribution is 2.38. The molecule has 0 unspecified atom stereocenters. The van der Waals surface area contributed by atoms with E-state index >= 15 is 0 Å². The monoisotopic (exact) mass is 434 g/mol. The summed E-state index contributed by atoms with van der Waals surface area (Å²) in [6.45, 7) is 3.95. The van der Waals surface area contributed by atoms with Gasteiger partial charge in [0.25, 0.3) is 0 Å². The molecule has 0 radical (unpaired) electrons. The SMILES string of the molecule is CCCCCCCCCCC[C@H]1CC[C@H](c2ccc(C(=O)C(F)(F)CCC)cc2)CC1. The van der Waals surface area contributed by atoms with Crippen molar-refractivity contribution in [2.45, 2.75) is 128 Å². The van der Waals surface area contributed by atoms with Crippen molar-refractivity contribution in [3.05, 3.63) is 35.4 Å². The number of halogens is 2. The van der Waals surface area contributed by atoms with E-state index in [1.807, 2.05) is 12.1 Å². The van der Waals surface area contributed by atoms with Crippen LogP contribution >= 0.6 is 0 Å². The average Bonchev–Trinajstić information content (AvgIpc) is 2.78. The molecule has 0 bridgehead atoms. The lowest BCUT2D eigenvalue weighted by atomic mass is 9.77. The lowest BCUT2D eigenvalue weighted by Crippen LogP contribution is -2.28. The van der Waals surface area contributed by atoms with Crippen molar-refractivity contribution in [1.29, 1.82) is 0 Å². The Morgan fingerprint density at radius 1 is 0.806 bits per heavy atom. The minimum absolute atomic E-state index is 0.140. The van der Waals surface area contributed by atoms with Gasteiger partial charge in [-0.1, -0.05) is 102 Å². The van der Waals surface area contributed by atoms with Gasteiger partial charge < -0.3 is 0 Å². The van der Waals surface area contributed by atoms with Gasteiger partial charge in [0.05, 0.1) is 0 Å². The second-order valence-electron chi connectivity index (χ2n) is 9.74. The summed E-state index contributed by atoms with van der Waals surface area (Å²) >= 11 is 0. The third-order valence-electron chi connectivity index (χ3n) is 7.10. The molecular weight excluding hydrogens is 390 g/mol. The van der Waals surface area contributed by atoms with Gasteiger partial charge in [-0.05, 0) is 49.5 Å². The van der Waals surface area contributed by atoms with Crippen LogP contribution in [0.25, 0.3) is 0 Å². The lowest BCUT2D eigenvalue weighted by molar-refractivity contribution is 0.00453. The molecule has 2 rings (SSSR count). The van der Waals surface area contributed by atoms with E-state index in [9.17, 15) is 13.6 Å². The molecule has 0 spiro atoms. The maximum absolute atomic E-state index is 13.9. The zero-order valence-corrected chi connectivity index (χ0v) is 19.9. The summed E-state index contributed by atoms with van der Waals surface area (Å²) in [4.78, 5) is 12.1. The zero-order valence-electron chi connectivity index (χ0n) is 19.9. The predicted molar refractivity (Wildman–Crippen MR) is 127 cm³/mol. The number of Topliss-reactive ketones (excluding diaryl/α,β-unsaturated/α-hetero) is 1. The molecule has 0 N–H and O–H groups in total. The number of ketones is 1. The number of carbonyl (C=O) groups is 1. The first-order valence-electron chi connectivity index (χ1n) is 13.0. The van der Waals surface area contributed by atoms with Crippen LogP contribution in [-0.4, -0.2) is 11.7 Å². The number of alkyl halides is 2. The third-order valence-corrected chi connectivity index (χ3v) is 7.10. The second kappa shape index (κ2) is 14.0. The summed E-state index contributed by atoms with van der Waals surface area (Å²) in [5, 5.41) is 0. The maximum atomic E-state index is 13.9. The fraction of sp³-hybridized carbons (Fsp3) is 0.750. The molecule has 0 heterocycles. The first-order valence-corrected chi connectivity index (χ1v) is 13.0. The fourth-order valence-electron chi connectivity index (χ4n) is 5.07. The summed E-state index contributed by atoms with van der Waals surface area (Å²) in [6, 6.07) is 7.02. The van der Waals surface area contributed by atoms with Gasteiger partial charge in [0.1, 0.15) is 0 Å². The molecule has 0 aromatic heterocycles. The Morgan fingerprint density at radius 2 is 1.35 bits per heavy atom. The maximum Gasteiger partial charge on any atom is 0.309 e. The van der Waals surface area contributed by atoms with Crippen LogP contribution < -0.4 is 0 Å². The van der Waals surface area contributed by atoms with Crippen LogP contribution in [0.2, 0.25) is 0 Å². The van der Waals surface area contributed by atoms with Crippen LogP contribution in [0, 0.1) is 5.92 Å². The van der Waals surface area contributed by atoms with Crippen LogP contribution in [0.1, 0.15) is 138 Å². The Balaban J connectivity index is 1.64. The summed E-state index contributed by atoms with van der Waals surface area (Å²) < 4.78 is 27.8. The van der Waals surface area contributed by atoms with E-state index in [4.69, 9.17) is 0 Å². The molecule has 1 aliphatic rings. The number of hydrogen-bond acceptors (Lipinski definition) is 1. The highest BCUT2D eigenvalue weighted by molar-refractivity contribution is 6.01. The van der Waals surface area contributed by atoms with Gasteiger partial charge in [0.15, 0.2) is 0 Å². The normalized spacial score (nSPS) is 19.5. The number of hydrogen-bond donors (Lipinski definition) is 0. The largest absolute Gasteiger partial charge is 0.309 e. The first kappa shape index (κ1) is 26.0. The quantitative estimate of drug-likeness (QED) is 0.198. The van der Waals surface area contributed by atoms with Crippen molar-refractivity contribution < 1.29 is 13.6 Å². The zero-order chi connectivity index (χ0) is 22.5. The molecule has 1 nitrogen and oxygen atoms in total. The van der Waals surface area contributed by atoms with Crippen LogP contribution in [0.4, 0.5) is 8.78 Å². The van der Waals surface area contributed by atoms with E-state index in [0.717, 1.165) is 5.92 Å². The van der Waals surface area contributed by atoms with Gasteiger partial charge in [-0.2, -0.15) is 8.78 Å². The summed E-state index contributed by atoms with van der Waals surface area (Å²) in [7, 11) is 0. The summed E-state index contributed by atoms with van der Waals surface area (Å²) in [5.74, 6) is -2.91. The smallest absolute Gasteiger partial charge is 0.287 e. The number of unbranched alkanes of at least 4 members (excludes halogenated alkanes) is 8. The van der Waals surface area contributed by atoms with Crippen molar-refractivity contribution in [2.75, 3.05) is 0 Å². The van der Waals surface area contributed by atoms with Crippen molar-refractivity contribution in [3.63, 3.8) is 0 Å². The number of rotatable bonds is 15. The molecule has 1 aromatic rings. The molecule has 0 aliphatic heterocycles. The van der Waals surface area contributed by atoms with E-state index in [2.05, 4.69) is 6.92 Å². The Hall–Kier alpha value is -1.25. The third kappa shape index (κ3) is 9.02. The van der Waals surface area contributed by atoms with E-state index < -0.39 is 11.7 Å². The predicted octanol–water partition coefficient (Wildman–Crippen LogP) is 9.50. The fourth-order valence-corrected chi connectivity index (χ4v) is 5.07. The number of benzene rings is 1. The Kier molecular flexibility index (Phi) is 11.8. The van der Waals surface area contributed by atoms with Crippen molar-refractivity contribution in [3.8, 4) is 0 Å². The van der Waals surface area contributed by atoms with Gasteiger partial charge in [-0.15, -0.1) is 0 Å². The molecule has 0 atom stereocenters. The summed E-state index contributed by atoms with van der Waals surface area (Å²) in [6.07, 6.45) is 18.7. The molecule has 0 saturated heterocycles. The second-order valence-corrected chi connectivity index (χ2v) is 9.74. The van der Waals surface area contributed by atoms with Gasteiger partial charge in [-0.3, -0.25) is 4.79 Å². The van der Waals surface area contributed by atoms with Crippen LogP contribution in [0.3, 0.4) is 0 Å². The Bertz CT molecular complexity index is 614. The first-order chi connectivity index (χ1) is 15.0. The standard InChI is InChI=1S/C28H44F2O/c1-3-5-6-7-8-9-10-11-12-13-23-14-16-24(17-15-23)25-18-20-26(21-19-25)27(31)28(29,30)22-4-2/h18-21,23-24H,3-17,22H2,1-2H3/t23-,24-. The lowest BCUT2D eigenvalue weighted by Gasteiger charge is -2.29. The summed E-state index contributed by atoms with van der Waals surface area (Å²) in [5.41, 5.74) is 1.35. The minimum atomic E-state index is -3.25. The van der Waals surface area contributed by atoms with Gasteiger partial charge in [-0.25, -0.2) is 0 Å². The Labute approximate surface area is 189 Å². The molecule has 3 heteroatoms. The van der Waals surface area contributed by atoms with Crippen LogP contribution in [0.15, 0.2) is 24.3 Å². The molecule has 176 valence electrons. The van der Waals surface area contributed by atoms with Crippen molar-refractivity contribution in [2.24, 2.45) is 5.92 Å². The van der Waals surface area contributed by atoms with E-state index in [1.165, 1.54) is 95.5 Å². The molecule has 1 aromatic carbocycles. The van der Waals surface area contributed by atoms with Gasteiger partial charge in [0, 0.05) is 12.0 Å². The van der Waals surface area contributed by atoms with Crippen molar-refractivity contribution >= 4 is 5.78 Å². The highest BCUT2D eigenvalue weighted by atomic mass is 19.3. The molecule has 31 heavy (non-hydrogen) atoms. The molecule has 1 aliphatic carbocycles. The topological polar surface area (TPSA) is 17.1 Å². The van der Waals surface area contributed by atoms with Crippen LogP contribution in [0.5, 0.6) is 0 Å². The van der Waals surface area contributed by atoms with Gasteiger partial charge in [0.2, 0.25) is 5.78 Å². The Morgan fingerprint density at radius 3 is 1.90 bits per heavy atom. The molecule has 1 fully saturated rings.